The molecule has 1 aliphatic carbocycles. The quantitative estimate of drug-likeness (QED) is 0.0577. The van der Waals surface area contributed by atoms with Gasteiger partial charge in [0.2, 0.25) is 0 Å². The van der Waals surface area contributed by atoms with Crippen LogP contribution in [0.4, 0.5) is 0 Å². The molecule has 0 fully saturated rings. The Hall–Kier alpha value is -8.64. The van der Waals surface area contributed by atoms with Crippen molar-refractivity contribution in [2.24, 2.45) is 0 Å². The maximum Gasteiger partial charge on any atom is 0.161 e. The fourth-order valence-corrected chi connectivity index (χ4v) is 10.1. The van der Waals surface area contributed by atoms with Crippen LogP contribution < -0.4 is 18.9 Å². The maximum atomic E-state index is 12.2. The zero-order chi connectivity index (χ0) is 50.8. The average molecular weight is 969 g/mol. The SMILES string of the molecule is CCOc1cc(C2c3cccc(c3)C(c3ccc(O)c(OCC)c3)c3cc(c(O)cc3O)[C@@H](c3ccc(O)c(OCC)c3)c3ccc(O)c(c3)C(c3ccc(O)c(OCC)c3)c3ccc(O)c2c3)ccc1O. The number of ether oxygens (including phenoxy) is 4. The van der Waals surface area contributed by atoms with Crippen molar-refractivity contribution < 1.29 is 59.8 Å². The second kappa shape index (κ2) is 20.4. The third kappa shape index (κ3) is 9.26. The standard InChI is InChI=1S/C60H56O12/c1-5-69-53-27-37(14-20-47(53)63)57-33-10-9-11-34(24-33)58(38-15-21-48(64)54(28-38)70-6-2)43-31-44(52(68)32-51(43)67)60(40-17-23-50(66)56(30-40)72-8-4)36-13-19-46(62)42(26-36)59(35-12-18-45(61)41(57)25-35)39-16-22-49(65)55(29-39)71-7-3/h9-32,57-68H,5-8H2,1-4H3/t57?,58?,59?,60-/m1/s1. The number of hydrogen-bond acceptors (Lipinski definition) is 12. The number of phenolic OH excluding ortho intramolecular Hbond substituents is 8. The van der Waals surface area contributed by atoms with Gasteiger partial charge in [-0.25, -0.2) is 0 Å². The number of fused-ring (bicyclic) bond motifs is 8. The summed E-state index contributed by atoms with van der Waals surface area (Å²) < 4.78 is 23.6. The molecule has 0 aliphatic heterocycles. The van der Waals surface area contributed by atoms with E-state index in [1.54, 1.807) is 91.9 Å². The first kappa shape index (κ1) is 48.4. The first-order valence-corrected chi connectivity index (χ1v) is 24.0. The summed E-state index contributed by atoms with van der Waals surface area (Å²) in [6.07, 6.45) is 0. The van der Waals surface area contributed by atoms with Crippen molar-refractivity contribution in [3.05, 3.63) is 212 Å². The highest BCUT2D eigenvalue weighted by atomic mass is 16.5. The van der Waals surface area contributed by atoms with Gasteiger partial charge in [-0.3, -0.25) is 0 Å². The Kier molecular flexibility index (Phi) is 13.7. The Morgan fingerprint density at radius 3 is 0.806 bits per heavy atom. The van der Waals surface area contributed by atoms with E-state index >= 15 is 0 Å². The molecule has 12 heteroatoms. The van der Waals surface area contributed by atoms with Gasteiger partial charge in [-0.2, -0.15) is 0 Å². The van der Waals surface area contributed by atoms with E-state index in [-0.39, 0.29) is 95.4 Å². The van der Waals surface area contributed by atoms with Gasteiger partial charge < -0.3 is 59.8 Å². The summed E-state index contributed by atoms with van der Waals surface area (Å²) in [6, 6.07) is 41.2. The molecule has 8 bridgehead atoms. The van der Waals surface area contributed by atoms with Gasteiger partial charge in [-0.15, -0.1) is 0 Å². The monoisotopic (exact) mass is 968 g/mol. The van der Waals surface area contributed by atoms with Crippen LogP contribution in [0, 0.1) is 0 Å². The summed E-state index contributed by atoms with van der Waals surface area (Å²) in [4.78, 5) is 0. The maximum absolute atomic E-state index is 12.2. The van der Waals surface area contributed by atoms with Gasteiger partial charge in [0, 0.05) is 52.0 Å². The second-order valence-electron chi connectivity index (χ2n) is 17.6. The first-order chi connectivity index (χ1) is 34.8. The molecule has 72 heavy (non-hydrogen) atoms. The van der Waals surface area contributed by atoms with Crippen molar-refractivity contribution in [1.29, 1.82) is 0 Å². The Balaban J connectivity index is 1.43. The third-order valence-electron chi connectivity index (χ3n) is 13.2. The van der Waals surface area contributed by atoms with Gasteiger partial charge in [0.15, 0.2) is 46.0 Å². The fraction of sp³-hybridized carbons (Fsp3) is 0.200. The molecular weight excluding hydrogens is 913 g/mol. The second-order valence-corrected chi connectivity index (χ2v) is 17.6. The van der Waals surface area contributed by atoms with Crippen molar-refractivity contribution in [3.63, 3.8) is 0 Å². The Bertz CT molecular complexity index is 3240. The van der Waals surface area contributed by atoms with Gasteiger partial charge in [-0.1, -0.05) is 72.8 Å². The molecule has 0 spiro atoms. The molecule has 8 aromatic rings. The summed E-state index contributed by atoms with van der Waals surface area (Å²) in [5.74, 6) is -3.16. The number of phenols is 8. The molecule has 3 unspecified atom stereocenters. The van der Waals surface area contributed by atoms with E-state index in [1.807, 2.05) is 57.2 Å². The van der Waals surface area contributed by atoms with Gasteiger partial charge >= 0.3 is 0 Å². The lowest BCUT2D eigenvalue weighted by Crippen LogP contribution is -2.12. The summed E-state index contributed by atoms with van der Waals surface area (Å²) in [6.45, 7) is 8.30. The topological polar surface area (TPSA) is 199 Å². The highest BCUT2D eigenvalue weighted by molar-refractivity contribution is 5.64. The van der Waals surface area contributed by atoms with Gasteiger partial charge in [0.25, 0.3) is 0 Å². The smallest absolute Gasteiger partial charge is 0.161 e. The molecule has 0 amide bonds. The van der Waals surface area contributed by atoms with E-state index in [9.17, 15) is 40.9 Å². The molecule has 8 N–H and O–H groups in total. The van der Waals surface area contributed by atoms with Gasteiger partial charge in [0.1, 0.15) is 23.0 Å². The molecule has 4 atom stereocenters. The van der Waals surface area contributed by atoms with E-state index in [0.717, 1.165) is 0 Å². The summed E-state index contributed by atoms with van der Waals surface area (Å²) in [5.41, 5.74) is 6.74. The van der Waals surface area contributed by atoms with Crippen LogP contribution in [0.5, 0.6) is 69.0 Å². The van der Waals surface area contributed by atoms with Crippen LogP contribution in [0.15, 0.2) is 146 Å². The lowest BCUT2D eigenvalue weighted by atomic mass is 9.75. The van der Waals surface area contributed by atoms with Crippen molar-refractivity contribution in [3.8, 4) is 69.0 Å². The molecule has 8 aromatic carbocycles. The van der Waals surface area contributed by atoms with Crippen molar-refractivity contribution in [2.45, 2.75) is 51.4 Å². The van der Waals surface area contributed by atoms with Crippen LogP contribution >= 0.6 is 0 Å². The van der Waals surface area contributed by atoms with E-state index in [0.29, 0.717) is 66.8 Å². The molecular formula is C60H56O12. The van der Waals surface area contributed by atoms with E-state index in [2.05, 4.69) is 0 Å². The van der Waals surface area contributed by atoms with Crippen LogP contribution in [0.25, 0.3) is 0 Å². The van der Waals surface area contributed by atoms with Crippen molar-refractivity contribution >= 4 is 0 Å². The fourth-order valence-electron chi connectivity index (χ4n) is 10.1. The lowest BCUT2D eigenvalue weighted by Gasteiger charge is -2.29. The average Bonchev–Trinajstić information content (AvgIpc) is 3.36. The summed E-state index contributed by atoms with van der Waals surface area (Å²) in [7, 11) is 0. The molecule has 368 valence electrons. The van der Waals surface area contributed by atoms with E-state index in [1.165, 1.54) is 24.3 Å². The first-order valence-electron chi connectivity index (χ1n) is 24.0. The summed E-state index contributed by atoms with van der Waals surface area (Å²) >= 11 is 0. The Morgan fingerprint density at radius 1 is 0.264 bits per heavy atom. The van der Waals surface area contributed by atoms with Gasteiger partial charge in [0.05, 0.1) is 26.4 Å². The zero-order valence-corrected chi connectivity index (χ0v) is 40.2. The normalized spacial score (nSPS) is 16.2. The summed E-state index contributed by atoms with van der Waals surface area (Å²) in [5, 5.41) is 92.6. The number of aromatic hydroxyl groups is 8. The van der Waals surface area contributed by atoms with Crippen LogP contribution in [0.1, 0.15) is 118 Å². The van der Waals surface area contributed by atoms with Gasteiger partial charge in [-0.05, 0) is 139 Å². The minimum atomic E-state index is -0.838. The van der Waals surface area contributed by atoms with Crippen molar-refractivity contribution in [2.75, 3.05) is 26.4 Å². The third-order valence-corrected chi connectivity index (χ3v) is 13.2. The molecule has 0 aromatic heterocycles. The molecule has 0 saturated carbocycles. The lowest BCUT2D eigenvalue weighted by molar-refractivity contribution is 0.317. The molecule has 0 radical (unpaired) electrons. The van der Waals surface area contributed by atoms with Crippen LogP contribution in [-0.2, 0) is 0 Å². The highest BCUT2D eigenvalue weighted by Gasteiger charge is 2.32. The van der Waals surface area contributed by atoms with E-state index in [4.69, 9.17) is 18.9 Å². The minimum Gasteiger partial charge on any atom is -0.508 e. The molecule has 0 heterocycles. The molecule has 12 nitrogen and oxygen atoms in total. The molecule has 0 saturated heterocycles. The van der Waals surface area contributed by atoms with Crippen molar-refractivity contribution in [1.82, 2.24) is 0 Å². The predicted octanol–water partition coefficient (Wildman–Crippen LogP) is 12.0. The minimum absolute atomic E-state index is 0.0477. The van der Waals surface area contributed by atoms with E-state index < -0.39 is 23.7 Å². The Labute approximate surface area is 417 Å². The highest BCUT2D eigenvalue weighted by Crippen LogP contribution is 2.51. The van der Waals surface area contributed by atoms with Crippen LogP contribution in [-0.4, -0.2) is 67.3 Å². The van der Waals surface area contributed by atoms with Crippen LogP contribution in [0.3, 0.4) is 0 Å². The number of benzene rings is 8. The Morgan fingerprint density at radius 2 is 0.514 bits per heavy atom. The van der Waals surface area contributed by atoms with Crippen LogP contribution in [0.2, 0.25) is 0 Å². The zero-order valence-electron chi connectivity index (χ0n) is 40.2. The predicted molar refractivity (Wildman–Crippen MR) is 273 cm³/mol. The molecule has 1 aliphatic rings. The molecule has 9 rings (SSSR count). The largest absolute Gasteiger partial charge is 0.508 e. The number of hydrogen-bond donors (Lipinski definition) is 8. The number of rotatable bonds is 12.